The summed E-state index contributed by atoms with van der Waals surface area (Å²) in [5, 5.41) is 4.00. The van der Waals surface area contributed by atoms with Gasteiger partial charge in [0.05, 0.1) is 18.1 Å². The topological polar surface area (TPSA) is 59.8 Å². The van der Waals surface area contributed by atoms with Crippen LogP contribution in [0, 0.1) is 6.92 Å². The van der Waals surface area contributed by atoms with Crippen molar-refractivity contribution in [1.82, 2.24) is 14.5 Å². The number of carbonyl (C=O) groups excluding carboxylic acids is 1. The van der Waals surface area contributed by atoms with Crippen molar-refractivity contribution in [2.45, 2.75) is 13.5 Å². The highest BCUT2D eigenvalue weighted by molar-refractivity contribution is 5.92. The molecule has 0 saturated heterocycles. The molecule has 1 amide bonds. The molecule has 2 heterocycles. The quantitative estimate of drug-likeness (QED) is 0.609. The summed E-state index contributed by atoms with van der Waals surface area (Å²) >= 11 is 0. The molecule has 5 nitrogen and oxygen atoms in total. The lowest BCUT2D eigenvalue weighted by atomic mass is 10.2. The largest absolute Gasteiger partial charge is 0.335 e. The van der Waals surface area contributed by atoms with Gasteiger partial charge in [-0.25, -0.2) is 9.97 Å². The Bertz CT molecular complexity index is 1050. The van der Waals surface area contributed by atoms with E-state index in [4.69, 9.17) is 0 Å². The zero-order valence-electron chi connectivity index (χ0n) is 14.4. The average Bonchev–Trinajstić information content (AvgIpc) is 2.98. The number of nitrogens with one attached hydrogen (secondary N) is 1. The molecule has 26 heavy (non-hydrogen) atoms. The van der Waals surface area contributed by atoms with Crippen molar-refractivity contribution in [3.8, 4) is 11.4 Å². The summed E-state index contributed by atoms with van der Waals surface area (Å²) in [7, 11) is 0. The first-order valence-corrected chi connectivity index (χ1v) is 8.43. The summed E-state index contributed by atoms with van der Waals surface area (Å²) in [6.07, 6.45) is 3.27. The molecule has 0 aliphatic carbocycles. The third-order valence-electron chi connectivity index (χ3n) is 4.29. The summed E-state index contributed by atoms with van der Waals surface area (Å²) < 4.78 is 2.00. The van der Waals surface area contributed by atoms with Crippen LogP contribution >= 0.6 is 0 Å². The lowest BCUT2D eigenvalue weighted by molar-refractivity contribution is -0.116. The maximum absolute atomic E-state index is 12.4. The SMILES string of the molecule is Cc1cc2ccccc2n1CC(=O)Nc1cnc(-c2ccccc2)nc1. The second-order valence-electron chi connectivity index (χ2n) is 6.14. The summed E-state index contributed by atoms with van der Waals surface area (Å²) in [4.78, 5) is 21.1. The molecule has 1 N–H and O–H groups in total. The van der Waals surface area contributed by atoms with E-state index in [1.54, 1.807) is 12.4 Å². The van der Waals surface area contributed by atoms with E-state index in [9.17, 15) is 4.79 Å². The number of anilines is 1. The molecular weight excluding hydrogens is 324 g/mol. The van der Waals surface area contributed by atoms with Gasteiger partial charge in [-0.05, 0) is 24.4 Å². The van der Waals surface area contributed by atoms with Crippen LogP contribution in [0.1, 0.15) is 5.69 Å². The molecule has 0 radical (unpaired) electrons. The van der Waals surface area contributed by atoms with Gasteiger partial charge in [0.25, 0.3) is 0 Å². The normalized spacial score (nSPS) is 10.8. The number of carbonyl (C=O) groups is 1. The van der Waals surface area contributed by atoms with Crippen LogP contribution < -0.4 is 5.32 Å². The average molecular weight is 342 g/mol. The lowest BCUT2D eigenvalue weighted by Crippen LogP contribution is -2.19. The van der Waals surface area contributed by atoms with Crippen molar-refractivity contribution in [3.63, 3.8) is 0 Å². The smallest absolute Gasteiger partial charge is 0.244 e. The second kappa shape index (κ2) is 6.80. The maximum Gasteiger partial charge on any atom is 0.244 e. The molecule has 128 valence electrons. The Kier molecular flexibility index (Phi) is 4.19. The maximum atomic E-state index is 12.4. The van der Waals surface area contributed by atoms with Crippen molar-refractivity contribution < 1.29 is 4.79 Å². The molecule has 0 saturated carbocycles. The number of para-hydroxylation sites is 1. The van der Waals surface area contributed by atoms with Crippen LogP contribution in [-0.4, -0.2) is 20.4 Å². The van der Waals surface area contributed by atoms with Crippen molar-refractivity contribution in [2.75, 3.05) is 5.32 Å². The Morgan fingerprint density at radius 3 is 2.46 bits per heavy atom. The Morgan fingerprint density at radius 2 is 1.69 bits per heavy atom. The van der Waals surface area contributed by atoms with Gasteiger partial charge < -0.3 is 9.88 Å². The van der Waals surface area contributed by atoms with Crippen LogP contribution in [0.5, 0.6) is 0 Å². The van der Waals surface area contributed by atoms with Crippen LogP contribution in [0.2, 0.25) is 0 Å². The first kappa shape index (κ1) is 16.0. The third-order valence-corrected chi connectivity index (χ3v) is 4.29. The first-order valence-electron chi connectivity index (χ1n) is 8.43. The van der Waals surface area contributed by atoms with Crippen LogP contribution in [-0.2, 0) is 11.3 Å². The summed E-state index contributed by atoms with van der Waals surface area (Å²) in [5.74, 6) is 0.529. The van der Waals surface area contributed by atoms with E-state index in [-0.39, 0.29) is 12.5 Å². The molecule has 4 rings (SSSR count). The van der Waals surface area contributed by atoms with Gasteiger partial charge in [0, 0.05) is 16.8 Å². The highest BCUT2D eigenvalue weighted by atomic mass is 16.1. The first-order chi connectivity index (χ1) is 12.7. The van der Waals surface area contributed by atoms with E-state index in [2.05, 4.69) is 21.4 Å². The van der Waals surface area contributed by atoms with Gasteiger partial charge in [-0.1, -0.05) is 48.5 Å². The van der Waals surface area contributed by atoms with Crippen molar-refractivity contribution >= 4 is 22.5 Å². The summed E-state index contributed by atoms with van der Waals surface area (Å²) in [6.45, 7) is 2.25. The number of amides is 1. The van der Waals surface area contributed by atoms with Gasteiger partial charge >= 0.3 is 0 Å². The van der Waals surface area contributed by atoms with Gasteiger partial charge in [-0.3, -0.25) is 4.79 Å². The number of nitrogens with zero attached hydrogens (tertiary/aromatic N) is 3. The monoisotopic (exact) mass is 342 g/mol. The van der Waals surface area contributed by atoms with Crippen LogP contribution in [0.4, 0.5) is 5.69 Å². The Labute approximate surface area is 151 Å². The zero-order valence-corrected chi connectivity index (χ0v) is 14.4. The Balaban J connectivity index is 1.49. The van der Waals surface area contributed by atoms with E-state index in [0.29, 0.717) is 11.5 Å². The van der Waals surface area contributed by atoms with Gasteiger partial charge in [0.2, 0.25) is 5.91 Å². The fourth-order valence-corrected chi connectivity index (χ4v) is 3.03. The number of hydrogen-bond acceptors (Lipinski definition) is 3. The minimum absolute atomic E-state index is 0.106. The number of hydrogen-bond donors (Lipinski definition) is 1. The molecule has 4 aromatic rings. The number of aryl methyl sites for hydroxylation is 1. The summed E-state index contributed by atoms with van der Waals surface area (Å²) in [6, 6.07) is 19.9. The fraction of sp³-hybridized carbons (Fsp3) is 0.0952. The van der Waals surface area contributed by atoms with Gasteiger partial charge in [-0.15, -0.1) is 0 Å². The van der Waals surface area contributed by atoms with Gasteiger partial charge in [0.1, 0.15) is 6.54 Å². The minimum Gasteiger partial charge on any atom is -0.335 e. The number of fused-ring (bicyclic) bond motifs is 1. The van der Waals surface area contributed by atoms with Crippen LogP contribution in [0.15, 0.2) is 73.1 Å². The number of aromatic nitrogens is 3. The van der Waals surface area contributed by atoms with E-state index in [0.717, 1.165) is 22.2 Å². The van der Waals surface area contributed by atoms with E-state index >= 15 is 0 Å². The molecule has 2 aromatic carbocycles. The van der Waals surface area contributed by atoms with E-state index in [1.165, 1.54) is 0 Å². The molecule has 0 aliphatic heterocycles. The molecule has 0 fully saturated rings. The molecule has 2 aromatic heterocycles. The minimum atomic E-state index is -0.106. The standard InChI is InChI=1S/C21H18N4O/c1-15-11-17-9-5-6-10-19(17)25(15)14-20(26)24-18-12-22-21(23-13-18)16-7-3-2-4-8-16/h2-13H,14H2,1H3,(H,24,26). The highest BCUT2D eigenvalue weighted by Gasteiger charge is 2.10. The summed E-state index contributed by atoms with van der Waals surface area (Å²) in [5.41, 5.74) is 3.64. The number of benzene rings is 2. The van der Waals surface area contributed by atoms with Gasteiger partial charge in [-0.2, -0.15) is 0 Å². The fourth-order valence-electron chi connectivity index (χ4n) is 3.03. The molecule has 0 unspecified atom stereocenters. The number of rotatable bonds is 4. The second-order valence-corrected chi connectivity index (χ2v) is 6.14. The zero-order chi connectivity index (χ0) is 17.9. The molecule has 5 heteroatoms. The highest BCUT2D eigenvalue weighted by Crippen LogP contribution is 2.19. The molecule has 0 bridgehead atoms. The molecule has 0 aliphatic rings. The predicted molar refractivity (Wildman–Crippen MR) is 103 cm³/mol. The van der Waals surface area contributed by atoms with Crippen LogP contribution in [0.25, 0.3) is 22.3 Å². The molecule has 0 atom stereocenters. The molecular formula is C21H18N4O. The van der Waals surface area contributed by atoms with E-state index < -0.39 is 0 Å². The van der Waals surface area contributed by atoms with Crippen molar-refractivity contribution in [3.05, 3.63) is 78.8 Å². The van der Waals surface area contributed by atoms with Gasteiger partial charge in [0.15, 0.2) is 5.82 Å². The Morgan fingerprint density at radius 1 is 1.00 bits per heavy atom. The molecule has 0 spiro atoms. The van der Waals surface area contributed by atoms with Crippen molar-refractivity contribution in [2.24, 2.45) is 0 Å². The predicted octanol–water partition coefficient (Wildman–Crippen LogP) is 4.05. The van der Waals surface area contributed by atoms with E-state index in [1.807, 2.05) is 66.1 Å². The lowest BCUT2D eigenvalue weighted by Gasteiger charge is -2.09. The third kappa shape index (κ3) is 3.19. The van der Waals surface area contributed by atoms with Crippen LogP contribution in [0.3, 0.4) is 0 Å². The Hall–Kier alpha value is -3.47. The van der Waals surface area contributed by atoms with Crippen molar-refractivity contribution in [1.29, 1.82) is 0 Å².